The third-order valence-corrected chi connectivity index (χ3v) is 5.28. The van der Waals surface area contributed by atoms with Gasteiger partial charge in [-0.05, 0) is 38.8 Å². The fourth-order valence-electron chi connectivity index (χ4n) is 3.48. The van der Waals surface area contributed by atoms with Crippen LogP contribution in [0.3, 0.4) is 0 Å². The molecule has 25 heavy (non-hydrogen) atoms. The van der Waals surface area contributed by atoms with Gasteiger partial charge in [0.25, 0.3) is 5.91 Å². The number of aryl methyl sites for hydroxylation is 2. The molecule has 0 atom stereocenters. The van der Waals surface area contributed by atoms with Gasteiger partial charge in [0.15, 0.2) is 5.82 Å². The summed E-state index contributed by atoms with van der Waals surface area (Å²) in [5.41, 5.74) is 3.57. The molecular weight excluding hydrogens is 316 g/mol. The lowest BCUT2D eigenvalue weighted by atomic mass is 10.1. The minimum atomic E-state index is 0.0814. The molecule has 2 aromatic heterocycles. The maximum absolute atomic E-state index is 12.9. The predicted molar refractivity (Wildman–Crippen MR) is 94.8 cm³/mol. The second-order valence-electron chi connectivity index (χ2n) is 7.04. The summed E-state index contributed by atoms with van der Waals surface area (Å²) < 4.78 is 1.77. The molecule has 2 aromatic rings. The van der Waals surface area contributed by atoms with E-state index < -0.39 is 0 Å². The molecule has 0 unspecified atom stereocenters. The number of piperazine rings is 1. The number of nitrogens with zero attached hydrogens (tertiary/aromatic N) is 6. The van der Waals surface area contributed by atoms with Crippen molar-refractivity contribution in [2.75, 3.05) is 31.1 Å². The van der Waals surface area contributed by atoms with Crippen LogP contribution < -0.4 is 4.90 Å². The number of anilines is 1. The number of carbonyl (C=O) groups is 1. The van der Waals surface area contributed by atoms with Crippen LogP contribution in [0.4, 0.5) is 5.82 Å². The van der Waals surface area contributed by atoms with E-state index in [1.54, 1.807) is 4.68 Å². The minimum Gasteiger partial charge on any atom is -0.352 e. The smallest absolute Gasteiger partial charge is 0.257 e. The summed E-state index contributed by atoms with van der Waals surface area (Å²) in [6.07, 6.45) is 2.48. The maximum Gasteiger partial charge on any atom is 0.257 e. The fraction of sp³-hybridized carbons (Fsp3) is 0.556. The standard InChI is InChI=1S/C18H24N6O/c1-12-17(13(2)22(3)21-12)18(25)24-10-8-23(9-11-24)16-7-6-15(19-20-16)14-4-5-14/h6-7,14H,4-5,8-11H2,1-3H3. The highest BCUT2D eigenvalue weighted by molar-refractivity contribution is 5.96. The number of hydrogen-bond donors (Lipinski definition) is 0. The lowest BCUT2D eigenvalue weighted by Gasteiger charge is -2.35. The van der Waals surface area contributed by atoms with E-state index in [-0.39, 0.29) is 5.91 Å². The predicted octanol–water partition coefficient (Wildman–Crippen LogP) is 1.67. The first-order valence-corrected chi connectivity index (χ1v) is 8.92. The summed E-state index contributed by atoms with van der Waals surface area (Å²) in [7, 11) is 1.88. The van der Waals surface area contributed by atoms with Gasteiger partial charge in [0.1, 0.15) is 0 Å². The zero-order chi connectivity index (χ0) is 17.6. The van der Waals surface area contributed by atoms with E-state index in [1.165, 1.54) is 12.8 Å². The van der Waals surface area contributed by atoms with Crippen LogP contribution in [0.25, 0.3) is 0 Å². The lowest BCUT2D eigenvalue weighted by molar-refractivity contribution is 0.0745. The van der Waals surface area contributed by atoms with Gasteiger partial charge >= 0.3 is 0 Å². The Kier molecular flexibility index (Phi) is 3.94. The second kappa shape index (κ2) is 6.13. The van der Waals surface area contributed by atoms with Crippen LogP contribution in [0.15, 0.2) is 12.1 Å². The van der Waals surface area contributed by atoms with Crippen LogP contribution >= 0.6 is 0 Å². The molecule has 0 N–H and O–H groups in total. The zero-order valence-corrected chi connectivity index (χ0v) is 15.1. The molecule has 0 spiro atoms. The quantitative estimate of drug-likeness (QED) is 0.850. The molecule has 1 saturated carbocycles. The Morgan fingerprint density at radius 3 is 2.32 bits per heavy atom. The molecular formula is C18H24N6O. The van der Waals surface area contributed by atoms with Gasteiger partial charge in [-0.2, -0.15) is 10.2 Å². The number of aromatic nitrogens is 4. The number of hydrogen-bond acceptors (Lipinski definition) is 5. The number of amides is 1. The van der Waals surface area contributed by atoms with Crippen LogP contribution in [0.1, 0.15) is 46.2 Å². The molecule has 132 valence electrons. The van der Waals surface area contributed by atoms with Gasteiger partial charge in [-0.25, -0.2) is 0 Å². The molecule has 1 aliphatic heterocycles. The van der Waals surface area contributed by atoms with Crippen molar-refractivity contribution < 1.29 is 4.79 Å². The molecule has 1 aliphatic carbocycles. The summed E-state index contributed by atoms with van der Waals surface area (Å²) in [6, 6.07) is 4.16. The molecule has 3 heterocycles. The van der Waals surface area contributed by atoms with Gasteiger partial charge in [0.2, 0.25) is 0 Å². The fourth-order valence-corrected chi connectivity index (χ4v) is 3.48. The molecule has 0 bridgehead atoms. The van der Waals surface area contributed by atoms with E-state index in [4.69, 9.17) is 0 Å². The van der Waals surface area contributed by atoms with Crippen LogP contribution in [0.5, 0.6) is 0 Å². The Bertz CT molecular complexity index is 785. The van der Waals surface area contributed by atoms with Crippen LogP contribution in [-0.4, -0.2) is 57.0 Å². The van der Waals surface area contributed by atoms with Gasteiger partial charge in [-0.3, -0.25) is 9.48 Å². The average molecular weight is 340 g/mol. The van der Waals surface area contributed by atoms with E-state index in [9.17, 15) is 4.79 Å². The van der Waals surface area contributed by atoms with Crippen molar-refractivity contribution in [1.82, 2.24) is 24.9 Å². The van der Waals surface area contributed by atoms with Crippen molar-refractivity contribution in [3.63, 3.8) is 0 Å². The van der Waals surface area contributed by atoms with Crippen LogP contribution in [0.2, 0.25) is 0 Å². The Morgan fingerprint density at radius 1 is 1.08 bits per heavy atom. The maximum atomic E-state index is 12.9. The largest absolute Gasteiger partial charge is 0.352 e. The van der Waals surface area contributed by atoms with Crippen molar-refractivity contribution in [2.24, 2.45) is 7.05 Å². The highest BCUT2D eigenvalue weighted by Gasteiger charge is 2.28. The SMILES string of the molecule is Cc1nn(C)c(C)c1C(=O)N1CCN(c2ccc(C3CC3)nn2)CC1. The topological polar surface area (TPSA) is 67.2 Å². The van der Waals surface area contributed by atoms with Gasteiger partial charge in [0.05, 0.1) is 17.0 Å². The average Bonchev–Trinajstić information content (AvgIpc) is 3.43. The molecule has 7 nitrogen and oxygen atoms in total. The zero-order valence-electron chi connectivity index (χ0n) is 15.1. The first-order chi connectivity index (χ1) is 12.0. The molecule has 4 rings (SSSR count). The summed E-state index contributed by atoms with van der Waals surface area (Å²) >= 11 is 0. The molecule has 1 saturated heterocycles. The number of carbonyl (C=O) groups excluding carboxylic acids is 1. The molecule has 0 radical (unpaired) electrons. The first kappa shape index (κ1) is 16.1. The van der Waals surface area contributed by atoms with E-state index in [0.29, 0.717) is 19.0 Å². The van der Waals surface area contributed by atoms with E-state index in [0.717, 1.165) is 41.6 Å². The second-order valence-corrected chi connectivity index (χ2v) is 7.04. The monoisotopic (exact) mass is 340 g/mol. The summed E-state index contributed by atoms with van der Waals surface area (Å²) in [5.74, 6) is 1.62. The van der Waals surface area contributed by atoms with Crippen molar-refractivity contribution >= 4 is 11.7 Å². The third kappa shape index (κ3) is 2.99. The van der Waals surface area contributed by atoms with E-state index in [1.807, 2.05) is 25.8 Å². The molecule has 0 aromatic carbocycles. The highest BCUT2D eigenvalue weighted by atomic mass is 16.2. The van der Waals surface area contributed by atoms with Gasteiger partial charge in [-0.1, -0.05) is 0 Å². The lowest BCUT2D eigenvalue weighted by Crippen LogP contribution is -2.49. The van der Waals surface area contributed by atoms with E-state index in [2.05, 4.69) is 32.3 Å². The Hall–Kier alpha value is -2.44. The normalized spacial score (nSPS) is 17.9. The Morgan fingerprint density at radius 2 is 1.80 bits per heavy atom. The first-order valence-electron chi connectivity index (χ1n) is 8.92. The Balaban J connectivity index is 1.41. The number of rotatable bonds is 3. The third-order valence-electron chi connectivity index (χ3n) is 5.28. The van der Waals surface area contributed by atoms with Crippen LogP contribution in [-0.2, 0) is 7.05 Å². The molecule has 2 fully saturated rings. The van der Waals surface area contributed by atoms with Gasteiger partial charge in [-0.15, -0.1) is 5.10 Å². The van der Waals surface area contributed by atoms with Crippen molar-refractivity contribution in [2.45, 2.75) is 32.6 Å². The van der Waals surface area contributed by atoms with Gasteiger partial charge < -0.3 is 9.80 Å². The molecule has 2 aliphatic rings. The van der Waals surface area contributed by atoms with Crippen LogP contribution in [0, 0.1) is 13.8 Å². The molecule has 7 heteroatoms. The Labute approximate surface area is 147 Å². The van der Waals surface area contributed by atoms with Crippen molar-refractivity contribution in [1.29, 1.82) is 0 Å². The molecule has 1 amide bonds. The van der Waals surface area contributed by atoms with Crippen molar-refractivity contribution in [3.05, 3.63) is 34.8 Å². The summed E-state index contributed by atoms with van der Waals surface area (Å²) in [6.45, 7) is 6.79. The van der Waals surface area contributed by atoms with Gasteiger partial charge in [0, 0.05) is 44.8 Å². The summed E-state index contributed by atoms with van der Waals surface area (Å²) in [5, 5.41) is 13.1. The van der Waals surface area contributed by atoms with Crippen molar-refractivity contribution in [3.8, 4) is 0 Å². The van der Waals surface area contributed by atoms with E-state index >= 15 is 0 Å². The highest BCUT2D eigenvalue weighted by Crippen LogP contribution is 2.38. The summed E-state index contributed by atoms with van der Waals surface area (Å²) in [4.78, 5) is 17.0. The minimum absolute atomic E-state index is 0.0814.